The number of amides is 1. The monoisotopic (exact) mass is 153 g/mol. The van der Waals surface area contributed by atoms with Gasteiger partial charge in [0.25, 0.3) is 0 Å². The smallest absolute Gasteiger partial charge is 0.239 e. The van der Waals surface area contributed by atoms with Crippen LogP contribution in [0.15, 0.2) is 30.3 Å². The van der Waals surface area contributed by atoms with Gasteiger partial charge in [0.1, 0.15) is 0 Å². The maximum atomic E-state index is 10.5. The molecule has 0 saturated carbocycles. The van der Waals surface area contributed by atoms with Crippen LogP contribution in [0.25, 0.3) is 0 Å². The molecule has 1 unspecified atom stereocenters. The van der Waals surface area contributed by atoms with E-state index in [0.717, 1.165) is 5.69 Å². The Hall–Kier alpha value is -0.880. The van der Waals surface area contributed by atoms with Gasteiger partial charge in [0.2, 0.25) is 5.65 Å². The molecule has 10 heavy (non-hydrogen) atoms. The van der Waals surface area contributed by atoms with Gasteiger partial charge in [-0.1, -0.05) is 18.2 Å². The van der Waals surface area contributed by atoms with Crippen LogP contribution in [0, 0.1) is 0 Å². The van der Waals surface area contributed by atoms with Crippen molar-refractivity contribution in [3.63, 3.8) is 0 Å². The molecule has 0 bridgehead atoms. The molecule has 0 aliphatic rings. The molecule has 0 spiro atoms. The summed E-state index contributed by atoms with van der Waals surface area (Å²) in [5.41, 5.74) is 0.703. The zero-order valence-corrected chi connectivity index (χ0v) is 6.53. The van der Waals surface area contributed by atoms with Crippen LogP contribution in [0.3, 0.4) is 0 Å². The van der Waals surface area contributed by atoms with Crippen molar-refractivity contribution in [3.8, 4) is 0 Å². The van der Waals surface area contributed by atoms with Crippen LogP contribution < -0.4 is 5.32 Å². The number of carbonyl (C=O) groups excluding carboxylic acids is 1. The van der Waals surface area contributed by atoms with Gasteiger partial charge in [-0.15, -0.1) is 0 Å². The van der Waals surface area contributed by atoms with Gasteiger partial charge in [-0.2, -0.15) is 0 Å². The summed E-state index contributed by atoms with van der Waals surface area (Å²) in [4.78, 5) is 10.5. The molecule has 0 saturated heterocycles. The molecule has 1 amide bonds. The standard InChI is InChI=1S/C7H8NOP/c9-7(10)8-6-4-2-1-3-5-6/h1-5H,10H2,(H,8,9). The van der Waals surface area contributed by atoms with Crippen molar-refractivity contribution in [1.82, 2.24) is 0 Å². The zero-order chi connectivity index (χ0) is 7.40. The molecule has 0 heterocycles. The van der Waals surface area contributed by atoms with E-state index in [4.69, 9.17) is 0 Å². The summed E-state index contributed by atoms with van der Waals surface area (Å²) >= 11 is 0. The Morgan fingerprint density at radius 1 is 1.30 bits per heavy atom. The second-order valence-electron chi connectivity index (χ2n) is 1.86. The van der Waals surface area contributed by atoms with E-state index >= 15 is 0 Å². The van der Waals surface area contributed by atoms with Crippen molar-refractivity contribution in [1.29, 1.82) is 0 Å². The highest BCUT2D eigenvalue weighted by atomic mass is 31.0. The fourth-order valence-corrected chi connectivity index (χ4v) is 0.830. The Kier molecular flexibility index (Phi) is 2.41. The second kappa shape index (κ2) is 3.33. The summed E-state index contributed by atoms with van der Waals surface area (Å²) in [5, 5.41) is 2.63. The van der Waals surface area contributed by atoms with Crippen molar-refractivity contribution < 1.29 is 4.79 Å². The molecular formula is C7H8NOP. The molecule has 1 atom stereocenters. The van der Waals surface area contributed by atoms with Crippen LogP contribution in [0.5, 0.6) is 0 Å². The lowest BCUT2D eigenvalue weighted by molar-refractivity contribution is 0.269. The fourth-order valence-electron chi connectivity index (χ4n) is 0.664. The van der Waals surface area contributed by atoms with Crippen LogP contribution in [0.1, 0.15) is 0 Å². The van der Waals surface area contributed by atoms with Crippen molar-refractivity contribution in [2.75, 3.05) is 5.32 Å². The summed E-state index contributed by atoms with van der Waals surface area (Å²) in [5.74, 6) is 0. The molecule has 3 heteroatoms. The molecule has 0 radical (unpaired) electrons. The van der Waals surface area contributed by atoms with Crippen molar-refractivity contribution >= 4 is 20.6 Å². The molecule has 0 fully saturated rings. The molecule has 1 rings (SSSR count). The highest BCUT2D eigenvalue weighted by Crippen LogP contribution is 2.05. The van der Waals surface area contributed by atoms with Crippen LogP contribution in [-0.2, 0) is 0 Å². The lowest BCUT2D eigenvalue weighted by Gasteiger charge is -1.98. The minimum Gasteiger partial charge on any atom is -0.323 e. The van der Waals surface area contributed by atoms with E-state index in [1.807, 2.05) is 30.3 Å². The number of rotatable bonds is 1. The van der Waals surface area contributed by atoms with Gasteiger partial charge < -0.3 is 5.32 Å². The van der Waals surface area contributed by atoms with Gasteiger partial charge >= 0.3 is 0 Å². The summed E-state index contributed by atoms with van der Waals surface area (Å²) < 4.78 is 0. The van der Waals surface area contributed by atoms with Crippen molar-refractivity contribution in [2.45, 2.75) is 0 Å². The minimum absolute atomic E-state index is 0.119. The van der Waals surface area contributed by atoms with E-state index in [-0.39, 0.29) is 5.65 Å². The highest BCUT2D eigenvalue weighted by Gasteiger charge is 1.90. The van der Waals surface area contributed by atoms with Crippen molar-refractivity contribution in [2.24, 2.45) is 0 Å². The predicted molar refractivity (Wildman–Crippen MR) is 45.2 cm³/mol. The summed E-state index contributed by atoms with van der Waals surface area (Å²) in [7, 11) is 2.06. The predicted octanol–water partition coefficient (Wildman–Crippen LogP) is 2.09. The highest BCUT2D eigenvalue weighted by molar-refractivity contribution is 7.40. The van der Waals surface area contributed by atoms with Gasteiger partial charge in [-0.3, -0.25) is 4.79 Å². The van der Waals surface area contributed by atoms with E-state index in [0.29, 0.717) is 0 Å². The van der Waals surface area contributed by atoms with E-state index < -0.39 is 0 Å². The largest absolute Gasteiger partial charge is 0.323 e. The second-order valence-corrected chi connectivity index (χ2v) is 2.38. The Balaban J connectivity index is 2.67. The third-order valence-corrected chi connectivity index (χ3v) is 1.19. The van der Waals surface area contributed by atoms with E-state index in [1.54, 1.807) is 0 Å². The molecule has 0 aliphatic heterocycles. The minimum atomic E-state index is -0.119. The number of hydrogen-bond donors (Lipinski definition) is 1. The summed E-state index contributed by atoms with van der Waals surface area (Å²) in [6, 6.07) is 9.31. The van der Waals surface area contributed by atoms with Crippen LogP contribution >= 0.6 is 9.24 Å². The number of carbonyl (C=O) groups is 1. The Labute approximate surface area is 61.8 Å². The number of benzene rings is 1. The molecular weight excluding hydrogens is 145 g/mol. The lowest BCUT2D eigenvalue weighted by Crippen LogP contribution is -1.98. The first-order valence-corrected chi connectivity index (χ1v) is 3.48. The van der Waals surface area contributed by atoms with Gasteiger partial charge in [0.15, 0.2) is 0 Å². The average molecular weight is 153 g/mol. The lowest BCUT2D eigenvalue weighted by atomic mass is 10.3. The fraction of sp³-hybridized carbons (Fsp3) is 0. The number of para-hydroxylation sites is 1. The first-order chi connectivity index (χ1) is 4.79. The van der Waals surface area contributed by atoms with Crippen LogP contribution in [0.4, 0.5) is 10.5 Å². The SMILES string of the molecule is O=C(P)Nc1ccccc1. The topological polar surface area (TPSA) is 29.1 Å². The maximum Gasteiger partial charge on any atom is 0.239 e. The summed E-state index contributed by atoms with van der Waals surface area (Å²) in [6.45, 7) is 0. The number of hydrogen-bond acceptors (Lipinski definition) is 1. The molecule has 1 aromatic rings. The quantitative estimate of drug-likeness (QED) is 0.615. The van der Waals surface area contributed by atoms with E-state index in [9.17, 15) is 4.79 Å². The third kappa shape index (κ3) is 2.16. The Morgan fingerprint density at radius 2 is 1.90 bits per heavy atom. The molecule has 1 N–H and O–H groups in total. The maximum absolute atomic E-state index is 10.5. The average Bonchev–Trinajstić information content (AvgIpc) is 1.88. The van der Waals surface area contributed by atoms with Gasteiger partial charge in [0, 0.05) is 5.69 Å². The van der Waals surface area contributed by atoms with Crippen LogP contribution in [-0.4, -0.2) is 5.65 Å². The Morgan fingerprint density at radius 3 is 2.40 bits per heavy atom. The molecule has 0 aromatic heterocycles. The third-order valence-electron chi connectivity index (χ3n) is 1.04. The van der Waals surface area contributed by atoms with E-state index in [2.05, 4.69) is 14.6 Å². The summed E-state index contributed by atoms with van der Waals surface area (Å²) in [6.07, 6.45) is 0. The first-order valence-electron chi connectivity index (χ1n) is 2.90. The molecule has 2 nitrogen and oxygen atoms in total. The zero-order valence-electron chi connectivity index (χ0n) is 5.37. The van der Waals surface area contributed by atoms with E-state index in [1.165, 1.54) is 0 Å². The van der Waals surface area contributed by atoms with Crippen LogP contribution in [0.2, 0.25) is 0 Å². The normalized spacial score (nSPS) is 8.90. The van der Waals surface area contributed by atoms with Crippen molar-refractivity contribution in [3.05, 3.63) is 30.3 Å². The molecule has 1 aromatic carbocycles. The Bertz CT molecular complexity index is 222. The van der Waals surface area contributed by atoms with Gasteiger partial charge in [-0.25, -0.2) is 0 Å². The molecule has 0 aliphatic carbocycles. The first kappa shape index (κ1) is 7.23. The number of nitrogens with one attached hydrogen (secondary N) is 1. The number of anilines is 1. The van der Waals surface area contributed by atoms with Gasteiger partial charge in [-0.05, 0) is 21.4 Å². The molecule has 52 valence electrons. The van der Waals surface area contributed by atoms with Gasteiger partial charge in [0.05, 0.1) is 0 Å².